The third-order valence-electron chi connectivity index (χ3n) is 12.7. The molecule has 342 valence electrons. The number of carbonyl (C=O) groups is 5. The Bertz CT molecular complexity index is 2410. The van der Waals surface area contributed by atoms with E-state index in [1.54, 1.807) is 30.6 Å². The maximum Gasteiger partial charge on any atom is 0.255 e. The van der Waals surface area contributed by atoms with Crippen LogP contribution in [0, 0.1) is 11.3 Å². The molecule has 4 aliphatic heterocycles. The quantitative estimate of drug-likeness (QED) is 0.0607. The molecule has 4 amide bonds. The molecule has 16 nitrogen and oxygen atoms in total. The standard InChI is InChI=1S/C46H50Cl2N9O7.W/c1-27(40-34(47)20-50-21-35(40)48)64-32-7-8-36-33(18-32)42(54-53-36)30-6-10-38(51-19-30)56-23-46(24-56)25-57(26-46)44(62)29(14-17-58)13-16-49-15-12-28-4-3-5-31(22-59)41(28)45(63)55(2)37-9-11-39(60)52-43(37)61;/h3-8,10,18-22,27,29,37,42,53-54,58H,9,11-17,23-26H2,1-2H3,(H,52,60,61);/q-1;/t27-,29?,37?,42?;/m1./s1. The van der Waals surface area contributed by atoms with E-state index in [0.29, 0.717) is 78.6 Å². The molecule has 1 spiro atoms. The molecular formula is C46H50Cl2N9O7W-. The van der Waals surface area contributed by atoms with Gasteiger partial charge in [0.2, 0.25) is 17.7 Å². The molecular weight excluding hydrogens is 1050 g/mol. The first kappa shape index (κ1) is 48.0. The van der Waals surface area contributed by atoms with Crippen molar-refractivity contribution >= 4 is 64.6 Å². The summed E-state index contributed by atoms with van der Waals surface area (Å²) in [6.07, 6.45) is 6.70. The summed E-state index contributed by atoms with van der Waals surface area (Å²) in [7, 11) is 1.49. The number of aldehydes is 1. The number of pyridine rings is 2. The normalized spacial score (nSPS) is 19.2. The number of rotatable bonds is 17. The van der Waals surface area contributed by atoms with Gasteiger partial charge in [-0.2, -0.15) is 0 Å². The van der Waals surface area contributed by atoms with E-state index in [4.69, 9.17) is 32.9 Å². The Kier molecular flexibility index (Phi) is 15.3. The molecule has 3 saturated heterocycles. The number of nitrogens with zero attached hydrogens (tertiary/aromatic N) is 6. The number of halogens is 2. The van der Waals surface area contributed by atoms with Gasteiger partial charge in [0.05, 0.1) is 27.3 Å². The van der Waals surface area contributed by atoms with Gasteiger partial charge in [0.1, 0.15) is 23.7 Å². The van der Waals surface area contributed by atoms with Crippen molar-refractivity contribution in [2.75, 3.05) is 63.2 Å². The molecule has 4 N–H and O–H groups in total. The number of aromatic nitrogens is 2. The van der Waals surface area contributed by atoms with Gasteiger partial charge in [0.25, 0.3) is 5.91 Å². The van der Waals surface area contributed by atoms with Crippen LogP contribution in [0.5, 0.6) is 5.75 Å². The molecule has 0 radical (unpaired) electrons. The SMILES string of the molecule is C[C@@H](Oc1ccc2c(c1)C(c1ccc(N3CC4(CN(C(=O)C(CCO)CC[N-]CCc5cccc(C=O)c5C(=O)N(C)C5CCC(=O)NC5=O)C4)C3)nc1)NN2)c1c(Cl)cncc1Cl.[W]. The minimum Gasteiger partial charge on any atom is -0.662 e. The number of aliphatic hydroxyl groups excluding tert-OH is 1. The second-order valence-corrected chi connectivity index (χ2v) is 17.8. The van der Waals surface area contributed by atoms with Crippen LogP contribution < -0.4 is 25.8 Å². The van der Waals surface area contributed by atoms with E-state index >= 15 is 0 Å². The third-order valence-corrected chi connectivity index (χ3v) is 13.3. The number of likely N-dealkylation sites (N-methyl/N-ethyl adjacent to an activating group) is 1. The number of fused-ring (bicyclic) bond motifs is 1. The summed E-state index contributed by atoms with van der Waals surface area (Å²) in [6, 6.07) is 14.0. The summed E-state index contributed by atoms with van der Waals surface area (Å²) < 4.78 is 6.26. The fraction of sp³-hybridized carbons (Fsp3) is 0.413. The Morgan fingerprint density at radius 2 is 1.82 bits per heavy atom. The summed E-state index contributed by atoms with van der Waals surface area (Å²) in [6.45, 7) is 5.39. The van der Waals surface area contributed by atoms with Gasteiger partial charge in [-0.25, -0.2) is 10.4 Å². The van der Waals surface area contributed by atoms with Crippen LogP contribution in [0.3, 0.4) is 0 Å². The van der Waals surface area contributed by atoms with Crippen molar-refractivity contribution in [3.8, 4) is 5.75 Å². The van der Waals surface area contributed by atoms with Crippen LogP contribution in [-0.2, 0) is 41.9 Å². The first-order chi connectivity index (χ1) is 30.9. The number of anilines is 2. The molecule has 4 aromatic rings. The number of likely N-dealkylation sites (tertiary alicyclic amines) is 1. The zero-order valence-electron chi connectivity index (χ0n) is 36.0. The van der Waals surface area contributed by atoms with Crippen LogP contribution in [0.2, 0.25) is 10.0 Å². The number of carbonyl (C=O) groups excluding carboxylic acids is 5. The predicted molar refractivity (Wildman–Crippen MR) is 241 cm³/mol. The molecule has 3 unspecified atom stereocenters. The number of amides is 4. The van der Waals surface area contributed by atoms with E-state index in [9.17, 15) is 29.1 Å². The maximum absolute atomic E-state index is 13.6. The number of piperidine rings is 1. The summed E-state index contributed by atoms with van der Waals surface area (Å²) in [5.74, 6) is -0.214. The van der Waals surface area contributed by atoms with Crippen molar-refractivity contribution < 1.29 is 54.9 Å². The van der Waals surface area contributed by atoms with Crippen molar-refractivity contribution in [2.24, 2.45) is 11.3 Å². The van der Waals surface area contributed by atoms with E-state index in [-0.39, 0.29) is 80.8 Å². The Morgan fingerprint density at radius 3 is 2.51 bits per heavy atom. The minimum atomic E-state index is -0.825. The number of hydrazine groups is 1. The molecule has 0 saturated carbocycles. The molecule has 4 atom stereocenters. The van der Waals surface area contributed by atoms with E-state index in [2.05, 4.69) is 37.4 Å². The summed E-state index contributed by atoms with van der Waals surface area (Å²) in [5.41, 5.74) is 11.3. The van der Waals surface area contributed by atoms with Crippen molar-refractivity contribution in [1.82, 2.24) is 30.5 Å². The number of nitrogens with one attached hydrogen (secondary N) is 3. The van der Waals surface area contributed by atoms with Gasteiger partial charge in [-0.15, -0.1) is 13.1 Å². The fourth-order valence-corrected chi connectivity index (χ4v) is 9.92. The predicted octanol–water partition coefficient (Wildman–Crippen LogP) is 5.28. The van der Waals surface area contributed by atoms with Gasteiger partial charge in [0.15, 0.2) is 6.29 Å². The number of hydrogen-bond donors (Lipinski definition) is 4. The van der Waals surface area contributed by atoms with Gasteiger partial charge < -0.3 is 35.3 Å². The summed E-state index contributed by atoms with van der Waals surface area (Å²) in [4.78, 5) is 77.5. The number of benzene rings is 2. The van der Waals surface area contributed by atoms with E-state index in [1.165, 1.54) is 11.9 Å². The number of hydrogen-bond acceptors (Lipinski definition) is 12. The van der Waals surface area contributed by atoms with Crippen LogP contribution >= 0.6 is 23.2 Å². The zero-order chi connectivity index (χ0) is 45.1. The molecule has 3 fully saturated rings. The van der Waals surface area contributed by atoms with Crippen LogP contribution in [0.15, 0.2) is 67.1 Å². The largest absolute Gasteiger partial charge is 0.662 e. The second kappa shape index (κ2) is 20.7. The van der Waals surface area contributed by atoms with Crippen molar-refractivity contribution in [1.29, 1.82) is 0 Å². The van der Waals surface area contributed by atoms with Gasteiger partial charge in [-0.3, -0.25) is 34.3 Å². The number of aliphatic hydroxyl groups is 1. The Hall–Kier alpha value is -4.96. The Balaban J connectivity index is 0.00000630. The van der Waals surface area contributed by atoms with Crippen molar-refractivity contribution in [3.63, 3.8) is 0 Å². The molecule has 4 aliphatic rings. The topological polar surface area (TPSA) is 200 Å². The fourth-order valence-electron chi connectivity index (χ4n) is 9.25. The molecule has 2 aromatic carbocycles. The molecule has 0 bridgehead atoms. The zero-order valence-corrected chi connectivity index (χ0v) is 40.4. The smallest absolute Gasteiger partial charge is 0.255 e. The van der Waals surface area contributed by atoms with Crippen molar-refractivity contribution in [2.45, 2.75) is 57.2 Å². The molecule has 19 heteroatoms. The van der Waals surface area contributed by atoms with Gasteiger partial charge in [-0.05, 0) is 61.6 Å². The van der Waals surface area contributed by atoms with E-state index in [1.807, 2.05) is 42.3 Å². The maximum atomic E-state index is 13.6. The average molecular weight is 1100 g/mol. The molecule has 2 aromatic heterocycles. The summed E-state index contributed by atoms with van der Waals surface area (Å²) in [5, 5.41) is 17.6. The van der Waals surface area contributed by atoms with Crippen molar-refractivity contribution in [3.05, 3.63) is 116 Å². The molecule has 0 aliphatic carbocycles. The number of ether oxygens (including phenoxy) is 1. The Morgan fingerprint density at radius 1 is 1.05 bits per heavy atom. The van der Waals surface area contributed by atoms with Gasteiger partial charge >= 0.3 is 0 Å². The second-order valence-electron chi connectivity index (χ2n) is 17.0. The number of imide groups is 1. The first-order valence-electron chi connectivity index (χ1n) is 21.4. The van der Waals surface area contributed by atoms with Gasteiger partial charge in [-0.1, -0.05) is 53.9 Å². The summed E-state index contributed by atoms with van der Waals surface area (Å²) >= 11 is 12.7. The van der Waals surface area contributed by atoms with Crippen LogP contribution in [-0.4, -0.2) is 114 Å². The van der Waals surface area contributed by atoms with Gasteiger partial charge in [0, 0.05) is 114 Å². The monoisotopic (exact) mass is 1090 g/mol. The minimum absolute atomic E-state index is 0. The van der Waals surface area contributed by atoms with Crippen LogP contribution in [0.4, 0.5) is 11.5 Å². The van der Waals surface area contributed by atoms with Crippen LogP contribution in [0.25, 0.3) is 5.32 Å². The van der Waals surface area contributed by atoms with Crippen LogP contribution in [0.1, 0.15) is 87.7 Å². The Labute approximate surface area is 401 Å². The van der Waals surface area contributed by atoms with E-state index < -0.39 is 24.0 Å². The van der Waals surface area contributed by atoms with E-state index in [0.717, 1.165) is 35.7 Å². The molecule has 8 rings (SSSR count). The first-order valence-corrected chi connectivity index (χ1v) is 22.2. The third kappa shape index (κ3) is 10.2. The average Bonchev–Trinajstić information content (AvgIpc) is 3.67. The molecule has 65 heavy (non-hydrogen) atoms. The molecule has 6 heterocycles.